The van der Waals surface area contributed by atoms with E-state index >= 15 is 0 Å². The van der Waals surface area contributed by atoms with Crippen molar-refractivity contribution in [3.05, 3.63) is 73.9 Å². The molecule has 0 saturated heterocycles. The van der Waals surface area contributed by atoms with Crippen LogP contribution in [0.5, 0.6) is 0 Å². The normalized spacial score (nSPS) is 11.3. The zero-order valence-corrected chi connectivity index (χ0v) is 18.2. The Balaban J connectivity index is 1.90. The monoisotopic (exact) mass is 474 g/mol. The lowest BCUT2D eigenvalue weighted by Gasteiger charge is -2.19. The van der Waals surface area contributed by atoms with Gasteiger partial charge in [0.25, 0.3) is 15.9 Å². The molecular weight excluding hydrogens is 463 g/mol. The Hall–Kier alpha value is -1.77. The second-order valence-corrected chi connectivity index (χ2v) is 9.75. The number of nitrogens with one attached hydrogen (secondary N) is 1. The summed E-state index contributed by atoms with van der Waals surface area (Å²) in [7, 11) is -2.54. The van der Waals surface area contributed by atoms with Crippen LogP contribution in [0.25, 0.3) is 0 Å². The largest absolute Gasteiger partial charge is 0.321 e. The number of nitrogens with zero attached hydrogens (tertiary/aromatic N) is 1. The number of benzene rings is 2. The number of carbonyl (C=O) groups is 1. The Bertz CT molecular complexity index is 1130. The van der Waals surface area contributed by atoms with Crippen molar-refractivity contribution in [2.24, 2.45) is 0 Å². The van der Waals surface area contributed by atoms with Gasteiger partial charge in [-0.3, -0.25) is 9.10 Å². The van der Waals surface area contributed by atoms with E-state index in [1.807, 2.05) is 0 Å². The highest BCUT2D eigenvalue weighted by Gasteiger charge is 2.28. The van der Waals surface area contributed by atoms with Crippen molar-refractivity contribution in [3.8, 4) is 0 Å². The van der Waals surface area contributed by atoms with Gasteiger partial charge in [-0.15, -0.1) is 11.3 Å². The topological polar surface area (TPSA) is 66.5 Å². The highest BCUT2D eigenvalue weighted by Crippen LogP contribution is 2.30. The van der Waals surface area contributed by atoms with Crippen LogP contribution >= 0.6 is 46.1 Å². The minimum atomic E-state index is -3.95. The first-order valence-electron chi connectivity index (χ1n) is 7.78. The summed E-state index contributed by atoms with van der Waals surface area (Å²) < 4.78 is 27.2. The lowest BCUT2D eigenvalue weighted by Crippen LogP contribution is -2.28. The summed E-state index contributed by atoms with van der Waals surface area (Å²) in [5, 5.41) is 5.31. The molecule has 0 unspecified atom stereocenters. The van der Waals surface area contributed by atoms with Gasteiger partial charge >= 0.3 is 0 Å². The highest BCUT2D eigenvalue weighted by atomic mass is 35.5. The van der Waals surface area contributed by atoms with Gasteiger partial charge in [-0.05, 0) is 53.9 Å². The molecule has 0 saturated carbocycles. The van der Waals surface area contributed by atoms with Gasteiger partial charge in [0, 0.05) is 17.8 Å². The second kappa shape index (κ2) is 8.31. The van der Waals surface area contributed by atoms with Crippen molar-refractivity contribution < 1.29 is 13.2 Å². The van der Waals surface area contributed by atoms with Crippen molar-refractivity contribution in [2.75, 3.05) is 16.7 Å². The number of hydrogen-bond acceptors (Lipinski definition) is 4. The number of carbonyl (C=O) groups excluding carboxylic acids is 1. The molecule has 0 spiro atoms. The summed E-state index contributed by atoms with van der Waals surface area (Å²) in [4.78, 5) is 12.6. The molecule has 1 N–H and O–H groups in total. The van der Waals surface area contributed by atoms with Gasteiger partial charge in [-0.2, -0.15) is 0 Å². The van der Waals surface area contributed by atoms with E-state index in [1.165, 1.54) is 19.2 Å². The molecule has 3 aromatic rings. The smallest absolute Gasteiger partial charge is 0.267 e. The molecule has 3 rings (SSSR count). The van der Waals surface area contributed by atoms with Gasteiger partial charge in [0.2, 0.25) is 0 Å². The first-order chi connectivity index (χ1) is 13.2. The second-order valence-electron chi connectivity index (χ2n) is 5.65. The van der Waals surface area contributed by atoms with Crippen molar-refractivity contribution in [1.29, 1.82) is 0 Å². The van der Waals surface area contributed by atoms with E-state index in [1.54, 1.807) is 41.8 Å². The molecule has 0 fully saturated rings. The fourth-order valence-electron chi connectivity index (χ4n) is 2.37. The van der Waals surface area contributed by atoms with E-state index < -0.39 is 15.9 Å². The minimum Gasteiger partial charge on any atom is -0.321 e. The average Bonchev–Trinajstić information content (AvgIpc) is 3.16. The van der Waals surface area contributed by atoms with Crippen LogP contribution in [0.15, 0.2) is 58.8 Å². The number of anilines is 2. The number of halogens is 3. The lowest BCUT2D eigenvalue weighted by atomic mass is 10.3. The first kappa shape index (κ1) is 21.0. The zero-order valence-electron chi connectivity index (χ0n) is 14.3. The Morgan fingerprint density at radius 1 is 1.00 bits per heavy atom. The summed E-state index contributed by atoms with van der Waals surface area (Å²) in [5.74, 6) is -0.559. The van der Waals surface area contributed by atoms with Crippen LogP contribution in [-0.4, -0.2) is 21.4 Å². The minimum absolute atomic E-state index is 0.0619. The predicted octanol–water partition coefficient (Wildman–Crippen LogP) is 5.79. The molecule has 1 aromatic heterocycles. The molecule has 1 amide bonds. The van der Waals surface area contributed by atoms with Crippen molar-refractivity contribution >= 4 is 73.4 Å². The van der Waals surface area contributed by atoms with Gasteiger partial charge in [0.15, 0.2) is 0 Å². The molecule has 1 heterocycles. The number of amides is 1. The molecule has 5 nitrogen and oxygen atoms in total. The van der Waals surface area contributed by atoms with E-state index in [9.17, 15) is 13.2 Å². The third kappa shape index (κ3) is 4.29. The summed E-state index contributed by atoms with van der Waals surface area (Å²) in [6, 6.07) is 12.4. The molecule has 0 aliphatic carbocycles. The zero-order chi connectivity index (χ0) is 20.5. The average molecular weight is 476 g/mol. The summed E-state index contributed by atoms with van der Waals surface area (Å²) >= 11 is 18.7. The van der Waals surface area contributed by atoms with Gasteiger partial charge < -0.3 is 5.32 Å². The Morgan fingerprint density at radius 3 is 2.32 bits per heavy atom. The van der Waals surface area contributed by atoms with Crippen LogP contribution in [0, 0.1) is 0 Å². The number of hydrogen-bond donors (Lipinski definition) is 1. The molecule has 2 aromatic carbocycles. The Morgan fingerprint density at radius 2 is 1.68 bits per heavy atom. The highest BCUT2D eigenvalue weighted by molar-refractivity contribution is 7.93. The lowest BCUT2D eigenvalue weighted by molar-refractivity contribution is 0.102. The van der Waals surface area contributed by atoms with E-state index in [2.05, 4.69) is 5.32 Å². The molecule has 10 heteroatoms. The van der Waals surface area contributed by atoms with E-state index in [-0.39, 0.29) is 14.8 Å². The molecule has 0 atom stereocenters. The van der Waals surface area contributed by atoms with Crippen LogP contribution in [0.2, 0.25) is 15.1 Å². The quantitative estimate of drug-likeness (QED) is 0.508. The van der Waals surface area contributed by atoms with Crippen LogP contribution < -0.4 is 9.62 Å². The summed E-state index contributed by atoms with van der Waals surface area (Å²) in [6.45, 7) is 0. The van der Waals surface area contributed by atoms with Crippen molar-refractivity contribution in [1.82, 2.24) is 0 Å². The molecular formula is C18H13Cl3N2O3S2. The molecule has 28 heavy (non-hydrogen) atoms. The third-order valence-corrected chi connectivity index (χ3v) is 7.70. The molecule has 0 aliphatic rings. The SMILES string of the molecule is CN(c1ccc(Cl)cc1)S(=O)(=O)c1ccsc1C(=O)Nc1ccc(Cl)c(Cl)c1. The van der Waals surface area contributed by atoms with Crippen LogP contribution in [0.4, 0.5) is 11.4 Å². The van der Waals surface area contributed by atoms with Gasteiger partial charge in [-0.25, -0.2) is 8.42 Å². The van der Waals surface area contributed by atoms with Crippen molar-refractivity contribution in [3.63, 3.8) is 0 Å². The number of thiophene rings is 1. The predicted molar refractivity (Wildman–Crippen MR) is 116 cm³/mol. The number of rotatable bonds is 5. The summed E-state index contributed by atoms with van der Waals surface area (Å²) in [6.07, 6.45) is 0. The molecule has 0 aliphatic heterocycles. The number of sulfonamides is 1. The maximum Gasteiger partial charge on any atom is 0.267 e. The van der Waals surface area contributed by atoms with E-state index in [0.29, 0.717) is 21.4 Å². The van der Waals surface area contributed by atoms with Crippen LogP contribution in [0.1, 0.15) is 9.67 Å². The third-order valence-electron chi connectivity index (χ3n) is 3.84. The molecule has 0 bridgehead atoms. The van der Waals surface area contributed by atoms with Gasteiger partial charge in [0.05, 0.1) is 15.7 Å². The Labute approximate surface area is 181 Å². The summed E-state index contributed by atoms with van der Waals surface area (Å²) in [5.41, 5.74) is 0.827. The van der Waals surface area contributed by atoms with Crippen LogP contribution in [-0.2, 0) is 10.0 Å². The standard InChI is InChI=1S/C18H13Cl3N2O3S2/c1-23(13-5-2-11(19)3-6-13)28(25,26)16-8-9-27-17(16)18(24)22-12-4-7-14(20)15(21)10-12/h2-10H,1H3,(H,22,24). The van der Waals surface area contributed by atoms with Crippen molar-refractivity contribution in [2.45, 2.75) is 4.90 Å². The maximum atomic E-state index is 13.0. The van der Waals surface area contributed by atoms with E-state index in [0.717, 1.165) is 15.6 Å². The van der Waals surface area contributed by atoms with Crippen LogP contribution in [0.3, 0.4) is 0 Å². The van der Waals surface area contributed by atoms with E-state index in [4.69, 9.17) is 34.8 Å². The van der Waals surface area contributed by atoms with Gasteiger partial charge in [-0.1, -0.05) is 34.8 Å². The maximum absolute atomic E-state index is 13.0. The Kier molecular flexibility index (Phi) is 6.21. The fraction of sp³-hybridized carbons (Fsp3) is 0.0556. The molecule has 146 valence electrons. The fourth-order valence-corrected chi connectivity index (χ4v) is 5.28. The first-order valence-corrected chi connectivity index (χ1v) is 11.2. The molecule has 0 radical (unpaired) electrons. The van der Waals surface area contributed by atoms with Gasteiger partial charge in [0.1, 0.15) is 9.77 Å².